The Kier molecular flexibility index (Phi) is 5.87. The third-order valence-corrected chi connectivity index (χ3v) is 6.60. The average molecular weight is 463 g/mol. The monoisotopic (exact) mass is 462 g/mol. The lowest BCUT2D eigenvalue weighted by molar-refractivity contribution is 0.0957. The van der Waals surface area contributed by atoms with Crippen LogP contribution in [0.25, 0.3) is 11.0 Å². The highest BCUT2D eigenvalue weighted by Gasteiger charge is 2.37. The minimum Gasteiger partial charge on any atom is -0.481 e. The number of amides is 1. The van der Waals surface area contributed by atoms with Gasteiger partial charge in [-0.2, -0.15) is 0 Å². The molecule has 0 N–H and O–H groups in total. The van der Waals surface area contributed by atoms with Crippen molar-refractivity contribution >= 4 is 34.2 Å². The van der Waals surface area contributed by atoms with E-state index in [1.807, 2.05) is 67.7 Å². The van der Waals surface area contributed by atoms with E-state index in [4.69, 9.17) is 9.47 Å². The number of anilines is 3. The number of hydrogen-bond acceptors (Lipinski definition) is 8. The van der Waals surface area contributed by atoms with Gasteiger partial charge >= 0.3 is 6.09 Å². The number of carbonyl (C=O) groups excluding carboxylic acids is 1. The zero-order valence-corrected chi connectivity index (χ0v) is 20.0. The molecule has 1 amide bonds. The van der Waals surface area contributed by atoms with Gasteiger partial charge in [0.15, 0.2) is 0 Å². The third-order valence-electron chi connectivity index (χ3n) is 6.60. The summed E-state index contributed by atoms with van der Waals surface area (Å²) in [5.41, 5.74) is 4.68. The molecule has 1 atom stereocenters. The molecule has 2 saturated heterocycles. The van der Waals surface area contributed by atoms with Gasteiger partial charge in [-0.1, -0.05) is 6.07 Å². The van der Waals surface area contributed by atoms with Crippen molar-refractivity contribution in [3.63, 3.8) is 0 Å². The van der Waals surface area contributed by atoms with Gasteiger partial charge in [0.1, 0.15) is 11.6 Å². The maximum absolute atomic E-state index is 12.6. The highest BCUT2D eigenvalue weighted by atomic mass is 16.6. The number of methoxy groups -OCH3 is 1. The molecule has 0 bridgehead atoms. The van der Waals surface area contributed by atoms with Crippen LogP contribution in [0.1, 0.15) is 0 Å². The number of pyridine rings is 2. The van der Waals surface area contributed by atoms with Gasteiger partial charge in [0.25, 0.3) is 0 Å². The Balaban J connectivity index is 1.20. The maximum Gasteiger partial charge on any atom is 0.414 e. The minimum absolute atomic E-state index is 0.165. The summed E-state index contributed by atoms with van der Waals surface area (Å²) < 4.78 is 11.0. The molecule has 2 fully saturated rings. The van der Waals surface area contributed by atoms with Crippen LogP contribution in [0.2, 0.25) is 0 Å². The third kappa shape index (κ3) is 4.19. The number of rotatable bonds is 7. The molecule has 2 aromatic heterocycles. The summed E-state index contributed by atoms with van der Waals surface area (Å²) in [6, 6.07) is 14.1. The fourth-order valence-electron chi connectivity index (χ4n) is 4.53. The summed E-state index contributed by atoms with van der Waals surface area (Å²) in [5.74, 6) is 0.583. The van der Waals surface area contributed by atoms with Gasteiger partial charge in [-0.3, -0.25) is 14.8 Å². The first-order valence-corrected chi connectivity index (χ1v) is 11.4. The van der Waals surface area contributed by atoms with Crippen LogP contribution in [0.3, 0.4) is 0 Å². The average Bonchev–Trinajstić information content (AvgIpc) is 3.17. The number of carbonyl (C=O) groups is 1. The summed E-state index contributed by atoms with van der Waals surface area (Å²) in [4.78, 5) is 29.9. The van der Waals surface area contributed by atoms with Crippen molar-refractivity contribution in [3.05, 3.63) is 48.7 Å². The van der Waals surface area contributed by atoms with Crippen LogP contribution in [0, 0.1) is 0 Å². The topological polar surface area (TPSA) is 74.3 Å². The lowest BCUT2D eigenvalue weighted by atomic mass is 10.1. The Labute approximate surface area is 199 Å². The second kappa shape index (κ2) is 8.98. The number of benzene rings is 1. The summed E-state index contributed by atoms with van der Waals surface area (Å²) in [6.45, 7) is 3.00. The molecular formula is C25H30N6O3. The Morgan fingerprint density at radius 3 is 2.71 bits per heavy atom. The molecule has 5 rings (SSSR count). The molecular weight excluding hydrogens is 432 g/mol. The molecule has 2 aliphatic rings. The molecule has 0 spiro atoms. The van der Waals surface area contributed by atoms with Crippen molar-refractivity contribution in [2.45, 2.75) is 12.1 Å². The summed E-state index contributed by atoms with van der Waals surface area (Å²) in [5, 5.41) is 0. The Bertz CT molecular complexity index is 1200. The van der Waals surface area contributed by atoms with E-state index in [-0.39, 0.29) is 12.2 Å². The molecule has 2 aliphatic heterocycles. The van der Waals surface area contributed by atoms with Crippen molar-refractivity contribution < 1.29 is 14.3 Å². The quantitative estimate of drug-likeness (QED) is 0.531. The van der Waals surface area contributed by atoms with Crippen LogP contribution in [-0.2, 0) is 4.74 Å². The molecule has 9 heteroatoms. The molecule has 0 saturated carbocycles. The first kappa shape index (κ1) is 22.2. The summed E-state index contributed by atoms with van der Waals surface area (Å²) in [7, 11) is 7.69. The molecule has 9 nitrogen and oxygen atoms in total. The zero-order valence-electron chi connectivity index (χ0n) is 20.0. The van der Waals surface area contributed by atoms with E-state index >= 15 is 0 Å². The smallest absolute Gasteiger partial charge is 0.414 e. The Hall–Kier alpha value is -3.59. The number of ether oxygens (including phenoxy) is 2. The summed E-state index contributed by atoms with van der Waals surface area (Å²) in [6.07, 6.45) is 1.37. The Morgan fingerprint density at radius 2 is 1.94 bits per heavy atom. The molecule has 4 heterocycles. The van der Waals surface area contributed by atoms with Gasteiger partial charge in [-0.05, 0) is 37.4 Å². The lowest BCUT2D eigenvalue weighted by Gasteiger charge is -2.45. The fourth-order valence-corrected chi connectivity index (χ4v) is 4.53. The van der Waals surface area contributed by atoms with Gasteiger partial charge in [0, 0.05) is 63.4 Å². The van der Waals surface area contributed by atoms with Gasteiger partial charge in [-0.15, -0.1) is 0 Å². The molecule has 0 radical (unpaired) electrons. The largest absolute Gasteiger partial charge is 0.481 e. The second-order valence-electron chi connectivity index (χ2n) is 9.08. The fraction of sp³-hybridized carbons (Fsp3) is 0.400. The van der Waals surface area contributed by atoms with Crippen LogP contribution >= 0.6 is 0 Å². The zero-order chi connectivity index (χ0) is 23.8. The van der Waals surface area contributed by atoms with E-state index in [2.05, 4.69) is 26.8 Å². The van der Waals surface area contributed by atoms with Crippen LogP contribution in [0.15, 0.2) is 48.7 Å². The second-order valence-corrected chi connectivity index (χ2v) is 9.08. The maximum atomic E-state index is 12.6. The molecule has 1 aromatic carbocycles. The summed E-state index contributed by atoms with van der Waals surface area (Å²) >= 11 is 0. The molecule has 1 unspecified atom stereocenters. The van der Waals surface area contributed by atoms with E-state index in [9.17, 15) is 4.79 Å². The van der Waals surface area contributed by atoms with Gasteiger partial charge in [0.05, 0.1) is 24.9 Å². The Morgan fingerprint density at radius 1 is 1.12 bits per heavy atom. The first-order valence-electron chi connectivity index (χ1n) is 11.4. The van der Waals surface area contributed by atoms with E-state index in [1.165, 1.54) is 0 Å². The van der Waals surface area contributed by atoms with E-state index in [1.54, 1.807) is 12.0 Å². The van der Waals surface area contributed by atoms with Gasteiger partial charge in [0.2, 0.25) is 5.88 Å². The van der Waals surface area contributed by atoms with Crippen LogP contribution < -0.4 is 19.4 Å². The number of nitrogens with zero attached hydrogens (tertiary/aromatic N) is 6. The predicted octanol–water partition coefficient (Wildman–Crippen LogP) is 2.85. The van der Waals surface area contributed by atoms with Crippen molar-refractivity contribution in [2.24, 2.45) is 0 Å². The highest BCUT2D eigenvalue weighted by molar-refractivity contribution is 5.90. The van der Waals surface area contributed by atoms with Crippen LogP contribution in [-0.4, -0.2) is 87.5 Å². The number of fused-ring (bicyclic) bond motifs is 1. The molecule has 178 valence electrons. The normalized spacial score (nSPS) is 18.4. The van der Waals surface area contributed by atoms with Gasteiger partial charge < -0.3 is 19.3 Å². The number of aromatic nitrogens is 2. The van der Waals surface area contributed by atoms with Gasteiger partial charge in [-0.25, -0.2) is 9.78 Å². The molecule has 3 aromatic rings. The van der Waals surface area contributed by atoms with Crippen molar-refractivity contribution in [1.82, 2.24) is 14.9 Å². The minimum atomic E-state index is -0.284. The predicted molar refractivity (Wildman–Crippen MR) is 133 cm³/mol. The number of cyclic esters (lactones) is 1. The van der Waals surface area contributed by atoms with E-state index < -0.39 is 0 Å². The van der Waals surface area contributed by atoms with E-state index in [0.717, 1.165) is 41.2 Å². The van der Waals surface area contributed by atoms with E-state index in [0.29, 0.717) is 25.0 Å². The standard InChI is InChI=1S/C25H30N6O3/c1-28(2)17-6-5-7-18(12-17)31-16-20(34-25(31)32)15-29(3)19-13-30(14-19)22-10-11-26-21-8-9-23(33-4)27-24(21)22/h5-12,19-20H,13-16H2,1-4H3. The van der Waals surface area contributed by atoms with Crippen LogP contribution in [0.5, 0.6) is 5.88 Å². The highest BCUT2D eigenvalue weighted by Crippen LogP contribution is 2.31. The SMILES string of the molecule is COc1ccc2nccc(N3CC(N(C)CC4CN(c5cccc(N(C)C)c5)C(=O)O4)C3)c2n1. The molecule has 0 aliphatic carbocycles. The number of likely N-dealkylation sites (N-methyl/N-ethyl adjacent to an activating group) is 1. The first-order chi connectivity index (χ1) is 16.4. The number of hydrogen-bond donors (Lipinski definition) is 0. The van der Waals surface area contributed by atoms with Crippen molar-refractivity contribution in [1.29, 1.82) is 0 Å². The van der Waals surface area contributed by atoms with Crippen molar-refractivity contribution in [3.8, 4) is 5.88 Å². The molecule has 34 heavy (non-hydrogen) atoms. The van der Waals surface area contributed by atoms with Crippen LogP contribution in [0.4, 0.5) is 21.9 Å². The van der Waals surface area contributed by atoms with Crippen molar-refractivity contribution in [2.75, 3.05) is 69.1 Å². The lowest BCUT2D eigenvalue weighted by Crippen LogP contribution is -2.59.